The molecule has 17 nitrogen and oxygen atoms in total. The van der Waals surface area contributed by atoms with E-state index in [-0.39, 0.29) is 63.4 Å². The Hall–Kier alpha value is -6.12. The van der Waals surface area contributed by atoms with Gasteiger partial charge in [0, 0.05) is 36.8 Å². The molecule has 17 heteroatoms. The van der Waals surface area contributed by atoms with Crippen LogP contribution in [0.4, 0.5) is 23.5 Å². The van der Waals surface area contributed by atoms with Crippen LogP contribution < -0.4 is 58.7 Å². The number of hydrogen-bond acceptors (Lipinski definition) is 17. The molecule has 0 saturated carbocycles. The molecule has 1 aliphatic heterocycles. The molecule has 0 fully saturated rings. The monoisotopic (exact) mass is 749 g/mol. The van der Waals surface area contributed by atoms with Crippen molar-refractivity contribution in [1.82, 2.24) is 25.3 Å². The molecule has 0 amide bonds. The lowest BCUT2D eigenvalue weighted by Crippen LogP contribution is -2.20. The highest BCUT2D eigenvalue weighted by Crippen LogP contribution is 2.39. The van der Waals surface area contributed by atoms with Crippen molar-refractivity contribution in [3.05, 3.63) is 58.9 Å². The number of nitriles is 1. The SMILES string of the molecule is C.C.C.COc1cc(C(C)C)c(Oc2cnc(N)nc2N)cc1C#N.COc1cc(C(C)C)c(Oc2cnc(N)nc2N)cc1C1=NCCN1.NCCN. The molecule has 296 valence electrons. The van der Waals surface area contributed by atoms with E-state index >= 15 is 0 Å². The summed E-state index contributed by atoms with van der Waals surface area (Å²) in [4.78, 5) is 20.1. The summed E-state index contributed by atoms with van der Waals surface area (Å²) in [6.45, 7) is 10.9. The average molecular weight is 750 g/mol. The molecule has 2 aromatic heterocycles. The van der Waals surface area contributed by atoms with Crippen molar-refractivity contribution in [3.8, 4) is 40.6 Å². The van der Waals surface area contributed by atoms with Crippen molar-refractivity contribution in [2.75, 3.05) is 63.3 Å². The van der Waals surface area contributed by atoms with Gasteiger partial charge in [-0.05, 0) is 30.0 Å². The van der Waals surface area contributed by atoms with E-state index in [4.69, 9.17) is 53.3 Å². The zero-order valence-electron chi connectivity index (χ0n) is 29.7. The van der Waals surface area contributed by atoms with Crippen molar-refractivity contribution in [2.45, 2.75) is 61.8 Å². The maximum atomic E-state index is 9.21. The largest absolute Gasteiger partial charge is 0.496 e. The highest BCUT2D eigenvalue weighted by Gasteiger charge is 2.21. The van der Waals surface area contributed by atoms with Crippen LogP contribution in [0.2, 0.25) is 0 Å². The Balaban J connectivity index is 0.000000906. The number of ether oxygens (including phenoxy) is 4. The fourth-order valence-electron chi connectivity index (χ4n) is 4.61. The number of anilines is 4. The standard InChI is InChI=1S/C17H22N6O2.C15H17N5O2.C2H8N2.3CH4/c1-9(2)10-6-12(24-3)11(16-20-4-5-21-16)7-13(10)25-14-8-22-17(19)23-15(14)18;1-8(2)10-5-11(21-3)9(6-16)4-12(10)22-13-7-19-15(18)20-14(13)17;3-1-2-4;;;/h6-9H,4-5H2,1-3H3,(H,20,21)(H4,18,19,22,23);4-5,7-8H,1-3H3,(H4,17,18,19,20);1-4H2;3*1H4. The number of benzene rings is 2. The van der Waals surface area contributed by atoms with Crippen molar-refractivity contribution < 1.29 is 18.9 Å². The van der Waals surface area contributed by atoms with E-state index in [1.54, 1.807) is 19.2 Å². The van der Waals surface area contributed by atoms with Gasteiger partial charge in [0.2, 0.25) is 11.9 Å². The Kier molecular flexibility index (Phi) is 20.2. The van der Waals surface area contributed by atoms with Crippen molar-refractivity contribution in [3.63, 3.8) is 0 Å². The lowest BCUT2D eigenvalue weighted by molar-refractivity contribution is 0.409. The number of aromatic nitrogens is 4. The zero-order valence-corrected chi connectivity index (χ0v) is 29.7. The van der Waals surface area contributed by atoms with Gasteiger partial charge in [0.25, 0.3) is 0 Å². The fraction of sp³-hybridized carbons (Fsp3) is 0.405. The maximum Gasteiger partial charge on any atom is 0.222 e. The van der Waals surface area contributed by atoms with Gasteiger partial charge in [-0.15, -0.1) is 0 Å². The number of rotatable bonds is 10. The Bertz CT molecular complexity index is 1860. The summed E-state index contributed by atoms with van der Waals surface area (Å²) in [7, 11) is 3.16. The second kappa shape index (κ2) is 22.7. The van der Waals surface area contributed by atoms with Gasteiger partial charge in [-0.2, -0.15) is 15.2 Å². The summed E-state index contributed by atoms with van der Waals surface area (Å²) in [5, 5.41) is 12.5. The van der Waals surface area contributed by atoms with E-state index in [1.165, 1.54) is 19.5 Å². The summed E-state index contributed by atoms with van der Waals surface area (Å²) < 4.78 is 22.6. The highest BCUT2D eigenvalue weighted by molar-refractivity contribution is 6.02. The lowest BCUT2D eigenvalue weighted by atomic mass is 9.99. The molecule has 0 bridgehead atoms. The molecular weight excluding hydrogens is 690 g/mol. The highest BCUT2D eigenvalue weighted by atomic mass is 16.5. The van der Waals surface area contributed by atoms with Crippen LogP contribution in [0.3, 0.4) is 0 Å². The molecule has 1 aliphatic rings. The predicted octanol–water partition coefficient (Wildman–Crippen LogP) is 5.16. The molecule has 13 N–H and O–H groups in total. The van der Waals surface area contributed by atoms with E-state index < -0.39 is 0 Å². The Labute approximate surface area is 319 Å². The van der Waals surface area contributed by atoms with Crippen molar-refractivity contribution in [1.29, 1.82) is 5.26 Å². The minimum absolute atomic E-state index is 0. The summed E-state index contributed by atoms with van der Waals surface area (Å²) >= 11 is 0. The third-order valence-corrected chi connectivity index (χ3v) is 7.17. The van der Waals surface area contributed by atoms with Crippen LogP contribution in [-0.4, -0.2) is 66.2 Å². The van der Waals surface area contributed by atoms with Gasteiger partial charge >= 0.3 is 0 Å². The number of amidine groups is 1. The van der Waals surface area contributed by atoms with Crippen LogP contribution in [-0.2, 0) is 0 Å². The maximum absolute atomic E-state index is 9.21. The third-order valence-electron chi connectivity index (χ3n) is 7.17. The lowest BCUT2D eigenvalue weighted by Gasteiger charge is -2.18. The van der Waals surface area contributed by atoms with Crippen LogP contribution in [0.1, 0.15) is 84.1 Å². The first-order chi connectivity index (χ1) is 24.4. The Morgan fingerprint density at radius 2 is 1.17 bits per heavy atom. The summed E-state index contributed by atoms with van der Waals surface area (Å²) in [6.07, 6.45) is 2.87. The summed E-state index contributed by atoms with van der Waals surface area (Å²) in [5.74, 6) is 4.71. The van der Waals surface area contributed by atoms with E-state index in [2.05, 4.69) is 50.2 Å². The second-order valence-electron chi connectivity index (χ2n) is 11.5. The smallest absolute Gasteiger partial charge is 0.222 e. The van der Waals surface area contributed by atoms with Crippen LogP contribution in [0.15, 0.2) is 41.7 Å². The number of hydrogen-bond donors (Lipinski definition) is 7. The minimum Gasteiger partial charge on any atom is -0.496 e. The van der Waals surface area contributed by atoms with Crippen LogP contribution in [0.5, 0.6) is 34.5 Å². The average Bonchev–Trinajstić information content (AvgIpc) is 3.65. The molecule has 54 heavy (non-hydrogen) atoms. The quantitative estimate of drug-likeness (QED) is 0.110. The fourth-order valence-corrected chi connectivity index (χ4v) is 4.61. The number of nitrogens with one attached hydrogen (secondary N) is 1. The third kappa shape index (κ3) is 12.5. The molecule has 0 unspecified atom stereocenters. The molecule has 0 radical (unpaired) electrons. The van der Waals surface area contributed by atoms with E-state index in [0.29, 0.717) is 41.7 Å². The number of nitrogen functional groups attached to an aromatic ring is 4. The molecule has 0 aliphatic carbocycles. The van der Waals surface area contributed by atoms with Gasteiger partial charge in [0.15, 0.2) is 23.1 Å². The number of aliphatic imine (C=N–C) groups is 1. The number of nitrogens with zero attached hydrogens (tertiary/aromatic N) is 6. The zero-order chi connectivity index (χ0) is 37.7. The molecule has 3 heterocycles. The van der Waals surface area contributed by atoms with Crippen molar-refractivity contribution >= 4 is 29.4 Å². The topological polar surface area (TPSA) is 293 Å². The normalized spacial score (nSPS) is 11.0. The molecule has 5 rings (SSSR count). The Morgan fingerprint density at radius 1 is 0.704 bits per heavy atom. The predicted molar refractivity (Wildman–Crippen MR) is 218 cm³/mol. The van der Waals surface area contributed by atoms with Gasteiger partial charge < -0.3 is 58.7 Å². The molecular formula is C37H59N13O4. The first-order valence-electron chi connectivity index (χ1n) is 16.0. The first-order valence-corrected chi connectivity index (χ1v) is 16.0. The van der Waals surface area contributed by atoms with Gasteiger partial charge in [-0.1, -0.05) is 50.0 Å². The number of methoxy groups -OCH3 is 2. The van der Waals surface area contributed by atoms with Crippen molar-refractivity contribution in [2.24, 2.45) is 16.5 Å². The van der Waals surface area contributed by atoms with E-state index in [9.17, 15) is 5.26 Å². The molecule has 0 saturated heterocycles. The van der Waals surface area contributed by atoms with Gasteiger partial charge in [-0.25, -0.2) is 9.97 Å². The summed E-state index contributed by atoms with van der Waals surface area (Å²) in [6, 6.07) is 9.34. The van der Waals surface area contributed by atoms with E-state index in [1.807, 2.05) is 26.0 Å². The molecule has 2 aromatic carbocycles. The minimum atomic E-state index is 0. The van der Waals surface area contributed by atoms with Gasteiger partial charge in [0.1, 0.15) is 34.9 Å². The van der Waals surface area contributed by atoms with Gasteiger partial charge in [0.05, 0.1) is 44.3 Å². The molecule has 4 aromatic rings. The van der Waals surface area contributed by atoms with Crippen LogP contribution in [0.25, 0.3) is 0 Å². The molecule has 0 atom stereocenters. The van der Waals surface area contributed by atoms with Crippen LogP contribution in [0, 0.1) is 11.3 Å². The second-order valence-corrected chi connectivity index (χ2v) is 11.5. The van der Waals surface area contributed by atoms with E-state index in [0.717, 1.165) is 41.4 Å². The molecule has 0 spiro atoms. The Morgan fingerprint density at radius 3 is 1.54 bits per heavy atom. The number of nitrogens with two attached hydrogens (primary N) is 6. The summed E-state index contributed by atoms with van der Waals surface area (Å²) in [5.41, 5.74) is 35.6. The van der Waals surface area contributed by atoms with Gasteiger partial charge in [-0.3, -0.25) is 4.99 Å². The van der Waals surface area contributed by atoms with Crippen LogP contribution >= 0.6 is 0 Å². The first kappa shape index (κ1) is 47.9.